The molecule has 1 aromatic carbocycles. The van der Waals surface area contributed by atoms with Crippen LogP contribution in [0.3, 0.4) is 0 Å². The van der Waals surface area contributed by atoms with Crippen LogP contribution in [0.2, 0.25) is 5.02 Å². The average molecular weight is 428 g/mol. The Morgan fingerprint density at radius 1 is 1.33 bits per heavy atom. The van der Waals surface area contributed by atoms with Crippen molar-refractivity contribution in [1.29, 1.82) is 0 Å². The van der Waals surface area contributed by atoms with Gasteiger partial charge in [0.2, 0.25) is 15.0 Å². The highest BCUT2D eigenvalue weighted by Crippen LogP contribution is 2.29. The minimum Gasteiger partial charge on any atom is -0.485 e. The minimum atomic E-state index is -3.22. The number of piperidine rings is 1. The van der Waals surface area contributed by atoms with Crippen LogP contribution in [0.15, 0.2) is 24.3 Å². The summed E-state index contributed by atoms with van der Waals surface area (Å²) < 4.78 is 32.7. The zero-order valence-electron chi connectivity index (χ0n) is 14.6. The van der Waals surface area contributed by atoms with Gasteiger partial charge in [-0.05, 0) is 25.0 Å². The molecule has 3 aromatic rings. The molecule has 3 heterocycles. The Morgan fingerprint density at radius 2 is 2.15 bits per heavy atom. The van der Waals surface area contributed by atoms with E-state index < -0.39 is 10.0 Å². The van der Waals surface area contributed by atoms with E-state index >= 15 is 0 Å². The van der Waals surface area contributed by atoms with Gasteiger partial charge in [0.1, 0.15) is 12.4 Å². The lowest BCUT2D eigenvalue weighted by atomic mass is 9.99. The Bertz CT molecular complexity index is 1070. The highest BCUT2D eigenvalue weighted by Gasteiger charge is 2.30. The normalized spacial score (nSPS) is 18.8. The number of sulfonamides is 1. The fourth-order valence-electron chi connectivity index (χ4n) is 3.14. The van der Waals surface area contributed by atoms with Gasteiger partial charge in [0.05, 0.1) is 11.3 Å². The van der Waals surface area contributed by atoms with E-state index in [9.17, 15) is 8.42 Å². The van der Waals surface area contributed by atoms with Gasteiger partial charge in [0, 0.05) is 19.0 Å². The molecule has 4 rings (SSSR count). The molecule has 0 spiro atoms. The van der Waals surface area contributed by atoms with E-state index in [1.807, 2.05) is 12.1 Å². The fourth-order valence-corrected chi connectivity index (χ4v) is 5.00. The summed E-state index contributed by atoms with van der Waals surface area (Å²) in [7, 11) is -3.22. The molecule has 144 valence electrons. The number of ether oxygens (including phenoxy) is 1. The summed E-state index contributed by atoms with van der Waals surface area (Å²) in [6, 6.07) is 7.27. The van der Waals surface area contributed by atoms with Gasteiger partial charge in [0.25, 0.3) is 0 Å². The van der Waals surface area contributed by atoms with Crippen LogP contribution in [-0.2, 0) is 16.6 Å². The van der Waals surface area contributed by atoms with Crippen LogP contribution in [0.25, 0.3) is 4.96 Å². The van der Waals surface area contributed by atoms with Crippen molar-refractivity contribution < 1.29 is 13.2 Å². The van der Waals surface area contributed by atoms with E-state index in [2.05, 4.69) is 15.3 Å². The largest absolute Gasteiger partial charge is 0.485 e. The molecule has 0 aliphatic carbocycles. The number of nitrogens with zero attached hydrogens (tertiary/aromatic N) is 5. The first-order chi connectivity index (χ1) is 12.9. The quantitative estimate of drug-likeness (QED) is 0.621. The summed E-state index contributed by atoms with van der Waals surface area (Å²) in [4.78, 5) is 0.666. The van der Waals surface area contributed by atoms with Crippen molar-refractivity contribution >= 4 is 37.9 Å². The number of fused-ring (bicyclic) bond motifs is 1. The Morgan fingerprint density at radius 3 is 2.93 bits per heavy atom. The van der Waals surface area contributed by atoms with Gasteiger partial charge in [-0.1, -0.05) is 35.1 Å². The molecule has 8 nitrogen and oxygen atoms in total. The molecule has 1 fully saturated rings. The third-order valence-electron chi connectivity index (χ3n) is 4.46. The summed E-state index contributed by atoms with van der Waals surface area (Å²) in [5.41, 5.74) is 0. The molecule has 27 heavy (non-hydrogen) atoms. The maximum Gasteiger partial charge on any atom is 0.234 e. The van der Waals surface area contributed by atoms with Crippen LogP contribution in [-0.4, -0.2) is 51.9 Å². The topological polar surface area (TPSA) is 89.7 Å². The Balaban J connectivity index is 1.53. The lowest BCUT2D eigenvalue weighted by Crippen LogP contribution is -2.38. The van der Waals surface area contributed by atoms with E-state index in [-0.39, 0.29) is 12.5 Å². The van der Waals surface area contributed by atoms with Crippen LogP contribution < -0.4 is 4.74 Å². The van der Waals surface area contributed by atoms with Crippen molar-refractivity contribution in [1.82, 2.24) is 24.1 Å². The lowest BCUT2D eigenvalue weighted by Gasteiger charge is -2.29. The van der Waals surface area contributed by atoms with Gasteiger partial charge < -0.3 is 4.74 Å². The summed E-state index contributed by atoms with van der Waals surface area (Å²) in [6.45, 7) is 1.23. The standard InChI is InChI=1S/C16H18ClN5O3S2/c1-27(23,24)21-8-4-5-11(9-21)15-18-19-16-22(15)20-14(26-16)10-25-13-7-3-2-6-12(13)17/h2-3,6-7,11H,4-5,8-10H2,1H3. The number of halogens is 1. The number of para-hydroxylation sites is 1. The SMILES string of the molecule is CS(=O)(=O)N1CCCC(c2nnc3sc(COc4ccccc4Cl)nn23)C1. The zero-order valence-corrected chi connectivity index (χ0v) is 17.0. The number of hydrogen-bond donors (Lipinski definition) is 0. The Labute approximate surface area is 165 Å². The third-order valence-corrected chi connectivity index (χ3v) is 6.92. The molecule has 2 aromatic heterocycles. The minimum absolute atomic E-state index is 0.0251. The first kappa shape index (κ1) is 18.6. The van der Waals surface area contributed by atoms with E-state index in [1.54, 1.807) is 16.6 Å². The first-order valence-electron chi connectivity index (χ1n) is 8.45. The van der Waals surface area contributed by atoms with E-state index in [1.165, 1.54) is 21.9 Å². The molecule has 0 saturated carbocycles. The van der Waals surface area contributed by atoms with Crippen molar-refractivity contribution in [3.8, 4) is 5.75 Å². The van der Waals surface area contributed by atoms with Crippen LogP contribution in [0.5, 0.6) is 5.75 Å². The van der Waals surface area contributed by atoms with E-state index in [0.717, 1.165) is 17.8 Å². The van der Waals surface area contributed by atoms with Crippen LogP contribution in [0.4, 0.5) is 0 Å². The van der Waals surface area contributed by atoms with Crippen molar-refractivity contribution in [2.24, 2.45) is 0 Å². The molecule has 1 saturated heterocycles. The van der Waals surface area contributed by atoms with Crippen molar-refractivity contribution in [2.45, 2.75) is 25.4 Å². The van der Waals surface area contributed by atoms with Crippen molar-refractivity contribution in [3.05, 3.63) is 40.1 Å². The van der Waals surface area contributed by atoms with Gasteiger partial charge in [-0.2, -0.15) is 9.61 Å². The van der Waals surface area contributed by atoms with E-state index in [0.29, 0.717) is 34.6 Å². The highest BCUT2D eigenvalue weighted by molar-refractivity contribution is 7.88. The summed E-state index contributed by atoms with van der Waals surface area (Å²) in [6.07, 6.45) is 2.89. The fraction of sp³-hybridized carbons (Fsp3) is 0.438. The second-order valence-electron chi connectivity index (χ2n) is 6.43. The highest BCUT2D eigenvalue weighted by atomic mass is 35.5. The summed E-state index contributed by atoms with van der Waals surface area (Å²) in [5.74, 6) is 1.27. The molecule has 0 bridgehead atoms. The molecule has 0 radical (unpaired) electrons. The number of aromatic nitrogens is 4. The Kier molecular flexibility index (Phi) is 5.06. The predicted molar refractivity (Wildman–Crippen MR) is 103 cm³/mol. The smallest absolute Gasteiger partial charge is 0.234 e. The lowest BCUT2D eigenvalue weighted by molar-refractivity contribution is 0.301. The van der Waals surface area contributed by atoms with Gasteiger partial charge in [0.15, 0.2) is 10.8 Å². The molecule has 1 atom stereocenters. The first-order valence-corrected chi connectivity index (χ1v) is 11.5. The second kappa shape index (κ2) is 7.34. The maximum absolute atomic E-state index is 11.9. The molecule has 0 amide bonds. The molecule has 1 aliphatic rings. The van der Waals surface area contributed by atoms with Gasteiger partial charge in [-0.3, -0.25) is 0 Å². The van der Waals surface area contributed by atoms with Gasteiger partial charge in [-0.15, -0.1) is 10.2 Å². The molecule has 1 unspecified atom stereocenters. The predicted octanol–water partition coefficient (Wildman–Crippen LogP) is 2.56. The molecular formula is C16H18ClN5O3S2. The van der Waals surface area contributed by atoms with E-state index in [4.69, 9.17) is 16.3 Å². The second-order valence-corrected chi connectivity index (χ2v) is 9.86. The number of hydrogen-bond acceptors (Lipinski definition) is 7. The number of benzene rings is 1. The van der Waals surface area contributed by atoms with Crippen molar-refractivity contribution in [2.75, 3.05) is 19.3 Å². The molecule has 11 heteroatoms. The number of rotatable bonds is 5. The van der Waals surface area contributed by atoms with Gasteiger partial charge in [-0.25, -0.2) is 12.7 Å². The monoisotopic (exact) mass is 427 g/mol. The summed E-state index contributed by atoms with van der Waals surface area (Å²) >= 11 is 7.49. The van der Waals surface area contributed by atoms with Gasteiger partial charge >= 0.3 is 0 Å². The van der Waals surface area contributed by atoms with Crippen molar-refractivity contribution in [3.63, 3.8) is 0 Å². The van der Waals surface area contributed by atoms with Crippen LogP contribution >= 0.6 is 22.9 Å². The Hall–Kier alpha value is -1.75. The third kappa shape index (κ3) is 3.93. The van der Waals surface area contributed by atoms with Crippen LogP contribution in [0, 0.1) is 0 Å². The summed E-state index contributed by atoms with van der Waals surface area (Å²) in [5, 5.41) is 14.3. The molecular weight excluding hydrogens is 410 g/mol. The maximum atomic E-state index is 11.9. The zero-order chi connectivity index (χ0) is 19.0. The molecule has 0 N–H and O–H groups in total. The average Bonchev–Trinajstić information content (AvgIpc) is 3.20. The van der Waals surface area contributed by atoms with Crippen LogP contribution in [0.1, 0.15) is 29.6 Å². The molecule has 1 aliphatic heterocycles.